The van der Waals surface area contributed by atoms with Crippen molar-refractivity contribution in [3.8, 4) is 0 Å². The molecule has 2 aromatic carbocycles. The van der Waals surface area contributed by atoms with E-state index in [1.54, 1.807) is 39.0 Å². The molecule has 3 rings (SSSR count). The lowest BCUT2D eigenvalue weighted by molar-refractivity contribution is -0.123. The minimum Gasteiger partial charge on any atom is -0.352 e. The SMILES string of the molecule is Cc1ccc(C(=O)NCCNC(=O)[C@@H](N=C2NS(=O)(=O)c3ccccc32)C(C)C)cc1F. The quantitative estimate of drug-likeness (QED) is 0.546. The van der Waals surface area contributed by atoms with Gasteiger partial charge in [0.2, 0.25) is 5.91 Å². The molecule has 1 heterocycles. The number of carbonyl (C=O) groups excluding carboxylic acids is 2. The van der Waals surface area contributed by atoms with Crippen LogP contribution in [-0.4, -0.2) is 45.2 Å². The maximum atomic E-state index is 13.6. The van der Waals surface area contributed by atoms with Crippen LogP contribution in [0.5, 0.6) is 0 Å². The first kappa shape index (κ1) is 23.4. The van der Waals surface area contributed by atoms with Gasteiger partial charge in [-0.1, -0.05) is 32.0 Å². The van der Waals surface area contributed by atoms with Crippen molar-refractivity contribution in [2.75, 3.05) is 13.1 Å². The van der Waals surface area contributed by atoms with Crippen molar-refractivity contribution >= 4 is 27.7 Å². The molecule has 8 nitrogen and oxygen atoms in total. The minimum absolute atomic E-state index is 0.122. The first-order chi connectivity index (χ1) is 15.1. The van der Waals surface area contributed by atoms with Crippen molar-refractivity contribution in [1.29, 1.82) is 0 Å². The molecule has 32 heavy (non-hydrogen) atoms. The Morgan fingerprint density at radius 3 is 2.47 bits per heavy atom. The lowest BCUT2D eigenvalue weighted by Gasteiger charge is -2.17. The van der Waals surface area contributed by atoms with Gasteiger partial charge in [0.05, 0.1) is 4.90 Å². The number of sulfonamides is 1. The zero-order valence-electron chi connectivity index (χ0n) is 18.0. The average Bonchev–Trinajstić information content (AvgIpc) is 3.01. The number of nitrogens with one attached hydrogen (secondary N) is 3. The Kier molecular flexibility index (Phi) is 6.93. The van der Waals surface area contributed by atoms with Crippen LogP contribution >= 0.6 is 0 Å². The van der Waals surface area contributed by atoms with Crippen LogP contribution in [0.2, 0.25) is 0 Å². The van der Waals surface area contributed by atoms with E-state index < -0.39 is 33.7 Å². The zero-order valence-corrected chi connectivity index (χ0v) is 18.8. The largest absolute Gasteiger partial charge is 0.352 e. The predicted octanol–water partition coefficient (Wildman–Crippen LogP) is 1.74. The highest BCUT2D eigenvalue weighted by Crippen LogP contribution is 2.23. The molecule has 0 saturated carbocycles. The van der Waals surface area contributed by atoms with E-state index in [2.05, 4.69) is 20.3 Å². The number of halogens is 1. The molecule has 0 aromatic heterocycles. The summed E-state index contributed by atoms with van der Waals surface area (Å²) in [4.78, 5) is 29.3. The Morgan fingerprint density at radius 2 is 1.78 bits per heavy atom. The summed E-state index contributed by atoms with van der Waals surface area (Å²) in [6.07, 6.45) is 0. The number of amidine groups is 1. The highest BCUT2D eigenvalue weighted by atomic mass is 32.2. The second kappa shape index (κ2) is 9.47. The molecular weight excluding hydrogens is 435 g/mol. The summed E-state index contributed by atoms with van der Waals surface area (Å²) in [6.45, 7) is 5.48. The van der Waals surface area contributed by atoms with E-state index in [1.807, 2.05) is 0 Å². The molecule has 0 aliphatic carbocycles. The summed E-state index contributed by atoms with van der Waals surface area (Å²) < 4.78 is 40.5. The highest BCUT2D eigenvalue weighted by molar-refractivity contribution is 7.90. The van der Waals surface area contributed by atoms with E-state index in [0.29, 0.717) is 11.1 Å². The Morgan fingerprint density at radius 1 is 1.09 bits per heavy atom. The van der Waals surface area contributed by atoms with Crippen molar-refractivity contribution in [1.82, 2.24) is 15.4 Å². The fourth-order valence-corrected chi connectivity index (χ4v) is 4.42. The first-order valence-corrected chi connectivity index (χ1v) is 11.6. The molecule has 0 fully saturated rings. The molecule has 0 unspecified atom stereocenters. The number of hydrogen-bond acceptors (Lipinski definition) is 5. The second-order valence-corrected chi connectivity index (χ2v) is 9.43. The predicted molar refractivity (Wildman–Crippen MR) is 118 cm³/mol. The van der Waals surface area contributed by atoms with Gasteiger partial charge in [-0.25, -0.2) is 12.8 Å². The number of hydrogen-bond donors (Lipinski definition) is 3. The van der Waals surface area contributed by atoms with Gasteiger partial charge in [-0.2, -0.15) is 0 Å². The van der Waals surface area contributed by atoms with Crippen LogP contribution in [0.15, 0.2) is 52.4 Å². The fraction of sp³-hybridized carbons (Fsp3) is 0.318. The van der Waals surface area contributed by atoms with Crippen LogP contribution in [0.25, 0.3) is 0 Å². The van der Waals surface area contributed by atoms with Crippen LogP contribution in [0, 0.1) is 18.7 Å². The van der Waals surface area contributed by atoms with Crippen LogP contribution < -0.4 is 15.4 Å². The third kappa shape index (κ3) is 5.13. The molecule has 0 saturated heterocycles. The van der Waals surface area contributed by atoms with Gasteiger partial charge in [-0.3, -0.25) is 19.3 Å². The number of aliphatic imine (C=N–C) groups is 1. The smallest absolute Gasteiger partial charge is 0.263 e. The summed E-state index contributed by atoms with van der Waals surface area (Å²) in [6, 6.07) is 9.80. The number of rotatable bonds is 7. The molecule has 3 N–H and O–H groups in total. The normalized spacial score (nSPS) is 16.3. The molecule has 1 aliphatic heterocycles. The summed E-state index contributed by atoms with van der Waals surface area (Å²) in [5.41, 5.74) is 1.06. The van der Waals surface area contributed by atoms with Gasteiger partial charge in [0.15, 0.2) is 0 Å². The maximum Gasteiger partial charge on any atom is 0.263 e. The summed E-state index contributed by atoms with van der Waals surface area (Å²) in [7, 11) is -3.70. The van der Waals surface area contributed by atoms with E-state index in [0.717, 1.165) is 6.07 Å². The van der Waals surface area contributed by atoms with E-state index in [-0.39, 0.29) is 35.3 Å². The number of nitrogens with zero attached hydrogens (tertiary/aromatic N) is 1. The van der Waals surface area contributed by atoms with Gasteiger partial charge in [0.25, 0.3) is 15.9 Å². The molecule has 170 valence electrons. The molecule has 1 atom stereocenters. The average molecular weight is 461 g/mol. The molecule has 0 radical (unpaired) electrons. The van der Waals surface area contributed by atoms with Gasteiger partial charge in [0, 0.05) is 24.2 Å². The Balaban J connectivity index is 1.61. The lowest BCUT2D eigenvalue weighted by atomic mass is 10.0. The molecular formula is C22H25FN4O4S. The number of carbonyl (C=O) groups is 2. The molecule has 0 bridgehead atoms. The number of benzene rings is 2. The number of fused-ring (bicyclic) bond motifs is 1. The van der Waals surface area contributed by atoms with Crippen molar-refractivity contribution < 1.29 is 22.4 Å². The zero-order chi connectivity index (χ0) is 23.5. The highest BCUT2D eigenvalue weighted by Gasteiger charge is 2.32. The Labute approximate surface area is 186 Å². The summed E-state index contributed by atoms with van der Waals surface area (Å²) in [5, 5.41) is 5.32. The molecule has 0 spiro atoms. The van der Waals surface area contributed by atoms with E-state index in [9.17, 15) is 22.4 Å². The van der Waals surface area contributed by atoms with Gasteiger partial charge in [-0.05, 0) is 42.7 Å². The number of amides is 2. The fourth-order valence-electron chi connectivity index (χ4n) is 3.18. The van der Waals surface area contributed by atoms with Crippen LogP contribution in [-0.2, 0) is 14.8 Å². The van der Waals surface area contributed by atoms with Crippen molar-refractivity contribution in [2.24, 2.45) is 10.9 Å². The van der Waals surface area contributed by atoms with E-state index in [4.69, 9.17) is 0 Å². The third-order valence-electron chi connectivity index (χ3n) is 4.97. The van der Waals surface area contributed by atoms with E-state index in [1.165, 1.54) is 18.2 Å². The second-order valence-electron chi connectivity index (χ2n) is 7.78. The van der Waals surface area contributed by atoms with Gasteiger partial charge >= 0.3 is 0 Å². The summed E-state index contributed by atoms with van der Waals surface area (Å²) in [5.74, 6) is -1.38. The van der Waals surface area contributed by atoms with Crippen molar-refractivity contribution in [3.05, 3.63) is 65.0 Å². The maximum absolute atomic E-state index is 13.6. The topological polar surface area (TPSA) is 117 Å². The summed E-state index contributed by atoms with van der Waals surface area (Å²) >= 11 is 0. The lowest BCUT2D eigenvalue weighted by Crippen LogP contribution is -2.42. The number of aryl methyl sites for hydroxylation is 1. The van der Waals surface area contributed by atoms with Gasteiger partial charge in [0.1, 0.15) is 17.7 Å². The van der Waals surface area contributed by atoms with Crippen LogP contribution in [0.4, 0.5) is 4.39 Å². The molecule has 10 heteroatoms. The van der Waals surface area contributed by atoms with Crippen LogP contribution in [0.1, 0.15) is 35.3 Å². The van der Waals surface area contributed by atoms with E-state index >= 15 is 0 Å². The Bertz CT molecular complexity index is 1180. The molecule has 1 aliphatic rings. The van der Waals surface area contributed by atoms with Gasteiger partial charge < -0.3 is 10.6 Å². The molecule has 2 aromatic rings. The monoisotopic (exact) mass is 460 g/mol. The first-order valence-electron chi connectivity index (χ1n) is 10.1. The van der Waals surface area contributed by atoms with Crippen molar-refractivity contribution in [3.63, 3.8) is 0 Å². The van der Waals surface area contributed by atoms with Crippen LogP contribution in [0.3, 0.4) is 0 Å². The minimum atomic E-state index is -3.70. The molecule has 2 amide bonds. The van der Waals surface area contributed by atoms with Crippen molar-refractivity contribution in [2.45, 2.75) is 31.7 Å². The third-order valence-corrected chi connectivity index (χ3v) is 6.37. The Hall–Kier alpha value is -3.27. The van der Waals surface area contributed by atoms with Gasteiger partial charge in [-0.15, -0.1) is 0 Å². The standard InChI is InChI=1S/C22H25FN4O4S/c1-13(2)19(26-20-16-6-4-5-7-18(16)32(30,31)27-20)22(29)25-11-10-24-21(28)15-9-8-14(3)17(23)12-15/h4-9,12-13,19H,10-11H2,1-3H3,(H,24,28)(H,25,29)(H,26,27)/t19-/m0/s1.